The molecule has 30 heavy (non-hydrogen) atoms. The van der Waals surface area contributed by atoms with Gasteiger partial charge in [0.15, 0.2) is 11.6 Å². The van der Waals surface area contributed by atoms with E-state index in [0.29, 0.717) is 37.4 Å². The van der Waals surface area contributed by atoms with Gasteiger partial charge in [-0.15, -0.1) is 0 Å². The molecule has 1 saturated heterocycles. The number of carbonyl (C=O) groups is 1. The third kappa shape index (κ3) is 5.44. The number of sulfonamides is 1. The van der Waals surface area contributed by atoms with Crippen molar-refractivity contribution in [2.75, 3.05) is 33.4 Å². The van der Waals surface area contributed by atoms with E-state index in [1.165, 1.54) is 47.8 Å². The number of hydrogen-bond donors (Lipinski definition) is 0. The fourth-order valence-electron chi connectivity index (χ4n) is 2.85. The van der Waals surface area contributed by atoms with Crippen LogP contribution >= 0.6 is 0 Å². The van der Waals surface area contributed by atoms with Crippen molar-refractivity contribution >= 4 is 22.1 Å². The second kappa shape index (κ2) is 9.84. The molecule has 2 aromatic carbocycles. The first-order valence-electron chi connectivity index (χ1n) is 9.25. The monoisotopic (exact) mass is 435 g/mol. The van der Waals surface area contributed by atoms with Crippen molar-refractivity contribution in [1.82, 2.24) is 4.31 Å². The van der Waals surface area contributed by atoms with Crippen LogP contribution in [0.5, 0.6) is 5.75 Å². The molecular formula is C21H22FNO6S. The molecule has 9 heteroatoms. The first kappa shape index (κ1) is 21.9. The minimum atomic E-state index is -3.56. The third-order valence-electron chi connectivity index (χ3n) is 4.50. The van der Waals surface area contributed by atoms with E-state index in [2.05, 4.69) is 0 Å². The van der Waals surface area contributed by atoms with Crippen LogP contribution in [0.2, 0.25) is 0 Å². The molecule has 1 aliphatic rings. The molecule has 1 aliphatic heterocycles. The number of benzene rings is 2. The lowest BCUT2D eigenvalue weighted by Gasteiger charge is -2.26. The molecule has 0 N–H and O–H groups in total. The van der Waals surface area contributed by atoms with Gasteiger partial charge in [-0.1, -0.05) is 18.2 Å². The van der Waals surface area contributed by atoms with Gasteiger partial charge in [-0.25, -0.2) is 17.6 Å². The van der Waals surface area contributed by atoms with Crippen LogP contribution in [0.25, 0.3) is 6.08 Å². The van der Waals surface area contributed by atoms with Crippen molar-refractivity contribution in [1.29, 1.82) is 0 Å². The summed E-state index contributed by atoms with van der Waals surface area (Å²) < 4.78 is 55.3. The Bertz CT molecular complexity index is 1010. The first-order valence-corrected chi connectivity index (χ1v) is 10.7. The van der Waals surface area contributed by atoms with Crippen LogP contribution in [-0.2, 0) is 30.9 Å². The van der Waals surface area contributed by atoms with E-state index in [-0.39, 0.29) is 17.3 Å². The summed E-state index contributed by atoms with van der Waals surface area (Å²) in [7, 11) is -2.19. The normalized spacial score (nSPS) is 15.3. The molecule has 0 unspecified atom stereocenters. The van der Waals surface area contributed by atoms with E-state index in [9.17, 15) is 17.6 Å². The van der Waals surface area contributed by atoms with Crippen molar-refractivity contribution < 1.29 is 31.8 Å². The molecule has 3 rings (SSSR count). The Morgan fingerprint density at radius 3 is 2.50 bits per heavy atom. The summed E-state index contributed by atoms with van der Waals surface area (Å²) >= 11 is 0. The second-order valence-electron chi connectivity index (χ2n) is 6.50. The second-order valence-corrected chi connectivity index (χ2v) is 8.43. The molecule has 160 valence electrons. The molecule has 0 atom stereocenters. The molecular weight excluding hydrogens is 413 g/mol. The number of esters is 1. The molecule has 0 radical (unpaired) electrons. The summed E-state index contributed by atoms with van der Waals surface area (Å²) in [5.74, 6) is -1.02. The Balaban J connectivity index is 1.56. The minimum absolute atomic E-state index is 0.0825. The van der Waals surface area contributed by atoms with Crippen LogP contribution in [0.15, 0.2) is 53.4 Å². The van der Waals surface area contributed by atoms with Gasteiger partial charge in [-0.2, -0.15) is 4.31 Å². The van der Waals surface area contributed by atoms with Crippen molar-refractivity contribution in [3.63, 3.8) is 0 Å². The Morgan fingerprint density at radius 1 is 1.17 bits per heavy atom. The summed E-state index contributed by atoms with van der Waals surface area (Å²) in [6.07, 6.45) is 2.74. The highest BCUT2D eigenvalue weighted by molar-refractivity contribution is 7.89. The SMILES string of the molecule is COc1ccc(COC(=O)/C=C/c2ccc(S(=O)(=O)N3CCOCC3)cc2)cc1F. The Morgan fingerprint density at radius 2 is 1.87 bits per heavy atom. The zero-order valence-electron chi connectivity index (χ0n) is 16.4. The summed E-state index contributed by atoms with van der Waals surface area (Å²) in [5.41, 5.74) is 1.14. The predicted octanol–water partition coefficient (Wildman–Crippen LogP) is 2.61. The lowest BCUT2D eigenvalue weighted by Crippen LogP contribution is -2.40. The van der Waals surface area contributed by atoms with Gasteiger partial charge in [0, 0.05) is 19.2 Å². The summed E-state index contributed by atoms with van der Waals surface area (Å²) in [5, 5.41) is 0. The van der Waals surface area contributed by atoms with Gasteiger partial charge in [0.2, 0.25) is 10.0 Å². The fourth-order valence-corrected chi connectivity index (χ4v) is 4.26. The van der Waals surface area contributed by atoms with Crippen molar-refractivity contribution in [2.24, 2.45) is 0 Å². The van der Waals surface area contributed by atoms with Gasteiger partial charge in [-0.05, 0) is 41.5 Å². The summed E-state index contributed by atoms with van der Waals surface area (Å²) in [4.78, 5) is 12.1. The lowest BCUT2D eigenvalue weighted by atomic mass is 10.2. The molecule has 2 aromatic rings. The minimum Gasteiger partial charge on any atom is -0.494 e. The highest BCUT2D eigenvalue weighted by Crippen LogP contribution is 2.19. The van der Waals surface area contributed by atoms with Gasteiger partial charge in [0.25, 0.3) is 0 Å². The smallest absolute Gasteiger partial charge is 0.331 e. The summed E-state index contributed by atoms with van der Waals surface area (Å²) in [6, 6.07) is 10.5. The average molecular weight is 435 g/mol. The maximum absolute atomic E-state index is 13.6. The van der Waals surface area contributed by atoms with Crippen LogP contribution in [0.4, 0.5) is 4.39 Å². The zero-order chi connectivity index (χ0) is 21.6. The largest absolute Gasteiger partial charge is 0.494 e. The molecule has 0 amide bonds. The van der Waals surface area contributed by atoms with Crippen LogP contribution < -0.4 is 4.74 Å². The Kier molecular flexibility index (Phi) is 7.20. The van der Waals surface area contributed by atoms with Gasteiger partial charge in [0.05, 0.1) is 25.2 Å². The van der Waals surface area contributed by atoms with Gasteiger partial charge in [0.1, 0.15) is 6.61 Å². The number of ether oxygens (including phenoxy) is 3. The number of morpholine rings is 1. The standard InChI is InChI=1S/C21H22FNO6S/c1-27-20-8-4-17(14-19(20)22)15-29-21(24)9-5-16-2-6-18(7-3-16)30(25,26)23-10-12-28-13-11-23/h2-9,14H,10-13,15H2,1H3/b9-5+. The van der Waals surface area contributed by atoms with E-state index >= 15 is 0 Å². The van der Waals surface area contributed by atoms with Crippen LogP contribution in [-0.4, -0.2) is 52.1 Å². The number of carbonyl (C=O) groups excluding carboxylic acids is 1. The zero-order valence-corrected chi connectivity index (χ0v) is 17.2. The topological polar surface area (TPSA) is 82.1 Å². The third-order valence-corrected chi connectivity index (χ3v) is 6.41. The molecule has 0 aromatic heterocycles. The maximum Gasteiger partial charge on any atom is 0.331 e. The lowest BCUT2D eigenvalue weighted by molar-refractivity contribution is -0.138. The van der Waals surface area contributed by atoms with Crippen molar-refractivity contribution in [3.8, 4) is 5.75 Å². The van der Waals surface area contributed by atoms with Gasteiger partial charge < -0.3 is 14.2 Å². The average Bonchev–Trinajstić information content (AvgIpc) is 2.77. The summed E-state index contributed by atoms with van der Waals surface area (Å²) in [6.45, 7) is 1.33. The highest BCUT2D eigenvalue weighted by Gasteiger charge is 2.25. The van der Waals surface area contributed by atoms with E-state index in [1.54, 1.807) is 18.2 Å². The Hall–Kier alpha value is -2.75. The number of rotatable bonds is 7. The van der Waals surface area contributed by atoms with Crippen LogP contribution in [0, 0.1) is 5.82 Å². The molecule has 1 fully saturated rings. The predicted molar refractivity (Wildman–Crippen MR) is 108 cm³/mol. The Labute approximate surface area is 174 Å². The van der Waals surface area contributed by atoms with Crippen molar-refractivity contribution in [2.45, 2.75) is 11.5 Å². The highest BCUT2D eigenvalue weighted by atomic mass is 32.2. The van der Waals surface area contributed by atoms with Crippen LogP contribution in [0.1, 0.15) is 11.1 Å². The van der Waals surface area contributed by atoms with E-state index in [0.717, 1.165) is 0 Å². The molecule has 0 saturated carbocycles. The maximum atomic E-state index is 13.6. The van der Waals surface area contributed by atoms with E-state index in [1.807, 2.05) is 0 Å². The fraction of sp³-hybridized carbons (Fsp3) is 0.286. The molecule has 1 heterocycles. The molecule has 0 bridgehead atoms. The molecule has 0 spiro atoms. The molecule has 7 nitrogen and oxygen atoms in total. The number of halogens is 1. The molecule has 0 aliphatic carbocycles. The quantitative estimate of drug-likeness (QED) is 0.491. The number of methoxy groups -OCH3 is 1. The van der Waals surface area contributed by atoms with Gasteiger partial charge in [-0.3, -0.25) is 0 Å². The number of nitrogens with zero attached hydrogens (tertiary/aromatic N) is 1. The van der Waals surface area contributed by atoms with Crippen molar-refractivity contribution in [3.05, 3.63) is 65.5 Å². The van der Waals surface area contributed by atoms with E-state index < -0.39 is 21.8 Å². The van der Waals surface area contributed by atoms with Crippen LogP contribution in [0.3, 0.4) is 0 Å². The number of hydrogen-bond acceptors (Lipinski definition) is 6. The van der Waals surface area contributed by atoms with Gasteiger partial charge >= 0.3 is 5.97 Å². The first-order chi connectivity index (χ1) is 14.4. The van der Waals surface area contributed by atoms with E-state index in [4.69, 9.17) is 14.2 Å².